The number of hydrogen-bond acceptors (Lipinski definition) is 3. The van der Waals surface area contributed by atoms with Crippen molar-refractivity contribution in [3.8, 4) is 0 Å². The monoisotopic (exact) mass is 192 g/mol. The molecule has 0 aromatic heterocycles. The summed E-state index contributed by atoms with van der Waals surface area (Å²) in [6.45, 7) is 2.64. The Morgan fingerprint density at radius 1 is 1.42 bits per heavy atom. The summed E-state index contributed by atoms with van der Waals surface area (Å²) in [6, 6.07) is 0. The van der Waals surface area contributed by atoms with Crippen molar-refractivity contribution in [1.29, 1.82) is 0 Å². The zero-order chi connectivity index (χ0) is 9.23. The van der Waals surface area contributed by atoms with Crippen molar-refractivity contribution >= 4 is 11.8 Å². The van der Waals surface area contributed by atoms with Crippen LogP contribution in [0.25, 0.3) is 0 Å². The highest BCUT2D eigenvalue weighted by Crippen LogP contribution is 2.07. The molecule has 1 atom stereocenters. The van der Waals surface area contributed by atoms with Crippen LogP contribution < -0.4 is 0 Å². The van der Waals surface area contributed by atoms with Gasteiger partial charge in [0, 0.05) is 7.11 Å². The number of rotatable bonds is 8. The van der Waals surface area contributed by atoms with Crippen LogP contribution in [0.4, 0.5) is 0 Å². The molecular weight excluding hydrogens is 172 g/mol. The largest absolute Gasteiger partial charge is 0.391 e. The SMILES string of the molecule is CCSCCCCC(O)COC. The first kappa shape index (κ1) is 12.3. The fraction of sp³-hybridized carbons (Fsp3) is 1.00. The molecule has 0 rings (SSSR count). The first-order chi connectivity index (χ1) is 5.81. The lowest BCUT2D eigenvalue weighted by molar-refractivity contribution is 0.0580. The van der Waals surface area contributed by atoms with Gasteiger partial charge in [0.25, 0.3) is 0 Å². The van der Waals surface area contributed by atoms with Gasteiger partial charge in [0.15, 0.2) is 0 Å². The number of ether oxygens (including phenoxy) is 1. The Labute approximate surface area is 79.7 Å². The van der Waals surface area contributed by atoms with Crippen LogP contribution in [0.2, 0.25) is 0 Å². The van der Waals surface area contributed by atoms with Crippen LogP contribution in [0.15, 0.2) is 0 Å². The van der Waals surface area contributed by atoms with E-state index in [4.69, 9.17) is 4.74 Å². The number of methoxy groups -OCH3 is 1. The zero-order valence-corrected chi connectivity index (χ0v) is 8.90. The molecule has 0 heterocycles. The molecule has 0 amide bonds. The molecule has 0 aliphatic heterocycles. The Morgan fingerprint density at radius 3 is 2.75 bits per heavy atom. The van der Waals surface area contributed by atoms with Crippen LogP contribution in [0, 0.1) is 0 Å². The average molecular weight is 192 g/mol. The highest BCUT2D eigenvalue weighted by molar-refractivity contribution is 7.99. The highest BCUT2D eigenvalue weighted by Gasteiger charge is 2.01. The lowest BCUT2D eigenvalue weighted by Crippen LogP contribution is -2.13. The van der Waals surface area contributed by atoms with Gasteiger partial charge >= 0.3 is 0 Å². The molecule has 0 saturated carbocycles. The molecule has 12 heavy (non-hydrogen) atoms. The highest BCUT2D eigenvalue weighted by atomic mass is 32.2. The predicted molar refractivity (Wildman–Crippen MR) is 54.7 cm³/mol. The maximum atomic E-state index is 9.27. The van der Waals surface area contributed by atoms with E-state index in [-0.39, 0.29) is 6.10 Å². The van der Waals surface area contributed by atoms with Crippen molar-refractivity contribution in [2.75, 3.05) is 25.2 Å². The fourth-order valence-electron chi connectivity index (χ4n) is 1.00. The molecule has 1 unspecified atom stereocenters. The predicted octanol–water partition coefficient (Wildman–Crippen LogP) is 1.92. The summed E-state index contributed by atoms with van der Waals surface area (Å²) in [6.07, 6.45) is 2.93. The van der Waals surface area contributed by atoms with Crippen LogP contribution in [-0.2, 0) is 4.74 Å². The van der Waals surface area contributed by atoms with Crippen molar-refractivity contribution in [3.63, 3.8) is 0 Å². The van der Waals surface area contributed by atoms with Crippen LogP contribution in [-0.4, -0.2) is 36.4 Å². The van der Waals surface area contributed by atoms with E-state index in [0.717, 1.165) is 12.8 Å². The number of thioether (sulfide) groups is 1. The van der Waals surface area contributed by atoms with E-state index >= 15 is 0 Å². The summed E-state index contributed by atoms with van der Waals surface area (Å²) in [7, 11) is 1.62. The van der Waals surface area contributed by atoms with E-state index in [9.17, 15) is 5.11 Å². The maximum Gasteiger partial charge on any atom is 0.0773 e. The summed E-state index contributed by atoms with van der Waals surface area (Å²) in [5.74, 6) is 2.41. The summed E-state index contributed by atoms with van der Waals surface area (Å²) < 4.78 is 4.83. The van der Waals surface area contributed by atoms with Crippen molar-refractivity contribution < 1.29 is 9.84 Å². The van der Waals surface area contributed by atoms with Crippen molar-refractivity contribution in [3.05, 3.63) is 0 Å². The quantitative estimate of drug-likeness (QED) is 0.596. The molecule has 0 aliphatic rings. The lowest BCUT2D eigenvalue weighted by atomic mass is 10.2. The van der Waals surface area contributed by atoms with E-state index in [1.807, 2.05) is 11.8 Å². The average Bonchev–Trinajstić information content (AvgIpc) is 2.05. The first-order valence-corrected chi connectivity index (χ1v) is 5.71. The third-order valence-electron chi connectivity index (χ3n) is 1.64. The first-order valence-electron chi connectivity index (χ1n) is 4.56. The van der Waals surface area contributed by atoms with E-state index in [2.05, 4.69) is 6.92 Å². The summed E-state index contributed by atoms with van der Waals surface area (Å²) >= 11 is 1.96. The molecule has 74 valence electrons. The summed E-state index contributed by atoms with van der Waals surface area (Å²) in [5.41, 5.74) is 0. The van der Waals surface area contributed by atoms with E-state index in [1.165, 1.54) is 17.9 Å². The Kier molecular flexibility index (Phi) is 9.57. The van der Waals surface area contributed by atoms with Gasteiger partial charge in [-0.15, -0.1) is 0 Å². The lowest BCUT2D eigenvalue weighted by Gasteiger charge is -2.08. The minimum absolute atomic E-state index is 0.262. The van der Waals surface area contributed by atoms with Crippen molar-refractivity contribution in [1.82, 2.24) is 0 Å². The molecule has 2 nitrogen and oxygen atoms in total. The Bertz CT molecular complexity index is 88.6. The van der Waals surface area contributed by atoms with E-state index < -0.39 is 0 Å². The Balaban J connectivity index is 2.97. The zero-order valence-electron chi connectivity index (χ0n) is 8.08. The molecule has 0 radical (unpaired) electrons. The normalized spacial score (nSPS) is 13.2. The minimum atomic E-state index is -0.262. The molecule has 3 heteroatoms. The van der Waals surface area contributed by atoms with Gasteiger partial charge in [-0.2, -0.15) is 11.8 Å². The summed E-state index contributed by atoms with van der Waals surface area (Å²) in [5, 5.41) is 9.27. The van der Waals surface area contributed by atoms with Crippen molar-refractivity contribution in [2.24, 2.45) is 0 Å². The molecule has 0 fully saturated rings. The van der Waals surface area contributed by atoms with Crippen molar-refractivity contribution in [2.45, 2.75) is 32.3 Å². The molecule has 0 aliphatic carbocycles. The molecule has 0 bridgehead atoms. The van der Waals surface area contributed by atoms with Crippen LogP contribution >= 0.6 is 11.8 Å². The van der Waals surface area contributed by atoms with E-state index in [1.54, 1.807) is 7.11 Å². The molecule has 0 spiro atoms. The molecule has 0 aromatic rings. The molecule has 0 saturated heterocycles. The van der Waals surface area contributed by atoms with Gasteiger partial charge in [0.05, 0.1) is 12.7 Å². The third kappa shape index (κ3) is 8.37. The third-order valence-corrected chi connectivity index (χ3v) is 2.62. The standard InChI is InChI=1S/C9H20O2S/c1-3-12-7-5-4-6-9(10)8-11-2/h9-10H,3-8H2,1-2H3. The number of aliphatic hydroxyl groups is 1. The van der Waals surface area contributed by atoms with Gasteiger partial charge in [-0.3, -0.25) is 0 Å². The van der Waals surface area contributed by atoms with E-state index in [0.29, 0.717) is 6.61 Å². The number of unbranched alkanes of at least 4 members (excludes halogenated alkanes) is 1. The Hall–Kier alpha value is 0.270. The smallest absolute Gasteiger partial charge is 0.0773 e. The number of aliphatic hydroxyl groups excluding tert-OH is 1. The van der Waals surface area contributed by atoms with Crippen LogP contribution in [0.1, 0.15) is 26.2 Å². The fourth-order valence-corrected chi connectivity index (χ4v) is 1.70. The Morgan fingerprint density at radius 2 is 2.17 bits per heavy atom. The van der Waals surface area contributed by atoms with Gasteiger partial charge in [0.2, 0.25) is 0 Å². The van der Waals surface area contributed by atoms with Gasteiger partial charge in [-0.1, -0.05) is 6.92 Å². The van der Waals surface area contributed by atoms with Gasteiger partial charge < -0.3 is 9.84 Å². The second-order valence-corrected chi connectivity index (χ2v) is 4.20. The second kappa shape index (κ2) is 9.36. The van der Waals surface area contributed by atoms with Crippen LogP contribution in [0.3, 0.4) is 0 Å². The molecular formula is C9H20O2S. The molecule has 0 aromatic carbocycles. The van der Waals surface area contributed by atoms with Gasteiger partial charge in [-0.05, 0) is 30.8 Å². The summed E-state index contributed by atoms with van der Waals surface area (Å²) in [4.78, 5) is 0. The maximum absolute atomic E-state index is 9.27. The van der Waals surface area contributed by atoms with Gasteiger partial charge in [-0.25, -0.2) is 0 Å². The number of hydrogen-bond donors (Lipinski definition) is 1. The topological polar surface area (TPSA) is 29.5 Å². The molecule has 1 N–H and O–H groups in total. The van der Waals surface area contributed by atoms with Crippen LogP contribution in [0.5, 0.6) is 0 Å². The minimum Gasteiger partial charge on any atom is -0.391 e. The second-order valence-electron chi connectivity index (χ2n) is 2.80. The van der Waals surface area contributed by atoms with Gasteiger partial charge in [0.1, 0.15) is 0 Å².